The second kappa shape index (κ2) is 5.20. The Balaban J connectivity index is 4.09. The van der Waals surface area contributed by atoms with Crippen molar-refractivity contribution in [3.8, 4) is 0 Å². The zero-order chi connectivity index (χ0) is 11.4. The van der Waals surface area contributed by atoms with Crippen LogP contribution in [0.2, 0.25) is 0 Å². The van der Waals surface area contributed by atoms with Crippen molar-refractivity contribution in [1.82, 2.24) is 5.32 Å². The first-order valence-corrected chi connectivity index (χ1v) is 5.00. The summed E-state index contributed by atoms with van der Waals surface area (Å²) in [6, 6.07) is 0.0462. The number of guanidine groups is 1. The van der Waals surface area contributed by atoms with Crippen molar-refractivity contribution in [2.24, 2.45) is 10.7 Å². The number of hydrogen-bond acceptors (Lipinski definition) is 2. The van der Waals surface area contributed by atoms with Crippen LogP contribution in [0, 0.1) is 0 Å². The Kier molecular flexibility index (Phi) is 4.91. The van der Waals surface area contributed by atoms with E-state index < -0.39 is 0 Å². The maximum atomic E-state index is 9.14. The van der Waals surface area contributed by atoms with Crippen LogP contribution in [0.1, 0.15) is 41.0 Å². The van der Waals surface area contributed by atoms with Gasteiger partial charge in [-0.3, -0.25) is 4.99 Å². The third kappa shape index (κ3) is 7.86. The predicted octanol–water partition coefficient (Wildman–Crippen LogP) is 0.849. The molecule has 2 unspecified atom stereocenters. The highest BCUT2D eigenvalue weighted by Crippen LogP contribution is 2.02. The summed E-state index contributed by atoms with van der Waals surface area (Å²) >= 11 is 0. The van der Waals surface area contributed by atoms with Crippen molar-refractivity contribution in [1.29, 1.82) is 0 Å². The van der Waals surface area contributed by atoms with Crippen LogP contribution in [-0.2, 0) is 0 Å². The van der Waals surface area contributed by atoms with Gasteiger partial charge in [-0.25, -0.2) is 0 Å². The van der Waals surface area contributed by atoms with Gasteiger partial charge in [-0.1, -0.05) is 0 Å². The molecule has 0 spiro atoms. The normalized spacial score (nSPS) is 17.7. The number of aliphatic hydroxyl groups is 1. The minimum atomic E-state index is -0.337. The van der Waals surface area contributed by atoms with Crippen molar-refractivity contribution in [2.75, 3.05) is 0 Å². The molecule has 0 heterocycles. The van der Waals surface area contributed by atoms with Gasteiger partial charge in [0.05, 0.1) is 12.1 Å². The summed E-state index contributed by atoms with van der Waals surface area (Å²) in [6.45, 7) is 9.75. The molecule has 14 heavy (non-hydrogen) atoms. The molecule has 0 aliphatic heterocycles. The van der Waals surface area contributed by atoms with Crippen molar-refractivity contribution in [3.05, 3.63) is 0 Å². The van der Waals surface area contributed by atoms with E-state index in [0.29, 0.717) is 12.4 Å². The fourth-order valence-corrected chi connectivity index (χ4v) is 1.20. The maximum Gasteiger partial charge on any atom is 0.189 e. The Morgan fingerprint density at radius 2 is 1.93 bits per heavy atom. The van der Waals surface area contributed by atoms with Gasteiger partial charge in [-0.2, -0.15) is 0 Å². The van der Waals surface area contributed by atoms with Gasteiger partial charge < -0.3 is 16.2 Å². The van der Waals surface area contributed by atoms with Gasteiger partial charge in [-0.15, -0.1) is 0 Å². The van der Waals surface area contributed by atoms with Gasteiger partial charge in [0, 0.05) is 5.54 Å². The average molecular weight is 201 g/mol. The van der Waals surface area contributed by atoms with E-state index >= 15 is 0 Å². The molecule has 0 saturated carbocycles. The molecule has 0 aromatic heterocycles. The lowest BCUT2D eigenvalue weighted by atomic mass is 10.1. The Bertz CT molecular complexity index is 194. The third-order valence-electron chi connectivity index (χ3n) is 1.54. The standard InChI is InChI=1S/C10H23N3O/c1-7(6-8(2)14)12-9(11)13-10(3,4)5/h7-8,14H,6H2,1-5H3,(H3,11,12,13). The Hall–Kier alpha value is -0.770. The first-order chi connectivity index (χ1) is 6.20. The molecule has 0 amide bonds. The molecule has 0 bridgehead atoms. The summed E-state index contributed by atoms with van der Waals surface area (Å²) in [6.07, 6.45) is 0.295. The smallest absolute Gasteiger partial charge is 0.189 e. The molecule has 0 rings (SSSR count). The van der Waals surface area contributed by atoms with Crippen LogP contribution < -0.4 is 11.1 Å². The average Bonchev–Trinajstić information content (AvgIpc) is 1.77. The second-order valence-corrected chi connectivity index (χ2v) is 4.82. The summed E-state index contributed by atoms with van der Waals surface area (Å²) < 4.78 is 0. The minimum absolute atomic E-state index is 0.0462. The van der Waals surface area contributed by atoms with Crippen LogP contribution in [0.4, 0.5) is 0 Å². The Morgan fingerprint density at radius 1 is 1.43 bits per heavy atom. The van der Waals surface area contributed by atoms with Gasteiger partial charge in [0.1, 0.15) is 0 Å². The Labute approximate surface area is 86.6 Å². The van der Waals surface area contributed by atoms with E-state index in [1.807, 2.05) is 27.7 Å². The highest BCUT2D eigenvalue weighted by molar-refractivity contribution is 5.78. The molecule has 0 aliphatic rings. The van der Waals surface area contributed by atoms with E-state index in [1.165, 1.54) is 0 Å². The van der Waals surface area contributed by atoms with E-state index in [1.54, 1.807) is 6.92 Å². The van der Waals surface area contributed by atoms with E-state index in [4.69, 9.17) is 10.8 Å². The van der Waals surface area contributed by atoms with Crippen molar-refractivity contribution >= 4 is 5.96 Å². The fraction of sp³-hybridized carbons (Fsp3) is 0.900. The van der Waals surface area contributed by atoms with Gasteiger partial charge in [0.15, 0.2) is 5.96 Å². The van der Waals surface area contributed by atoms with E-state index in [-0.39, 0.29) is 17.7 Å². The summed E-state index contributed by atoms with van der Waals surface area (Å²) in [5, 5.41) is 12.2. The fourth-order valence-electron chi connectivity index (χ4n) is 1.20. The van der Waals surface area contributed by atoms with Crippen molar-refractivity contribution in [3.63, 3.8) is 0 Å². The molecule has 2 atom stereocenters. The minimum Gasteiger partial charge on any atom is -0.393 e. The number of nitrogens with zero attached hydrogens (tertiary/aromatic N) is 1. The van der Waals surface area contributed by atoms with Crippen LogP contribution in [-0.4, -0.2) is 28.8 Å². The first-order valence-electron chi connectivity index (χ1n) is 5.00. The quantitative estimate of drug-likeness (QED) is 0.468. The van der Waals surface area contributed by atoms with Crippen LogP contribution >= 0.6 is 0 Å². The van der Waals surface area contributed by atoms with E-state index in [2.05, 4.69) is 10.3 Å². The molecule has 0 aromatic carbocycles. The second-order valence-electron chi connectivity index (χ2n) is 4.82. The largest absolute Gasteiger partial charge is 0.393 e. The lowest BCUT2D eigenvalue weighted by Crippen LogP contribution is -2.45. The molecule has 0 aliphatic carbocycles. The van der Waals surface area contributed by atoms with E-state index in [9.17, 15) is 0 Å². The zero-order valence-electron chi connectivity index (χ0n) is 9.83. The van der Waals surface area contributed by atoms with Crippen LogP contribution in [0.3, 0.4) is 0 Å². The van der Waals surface area contributed by atoms with Crippen LogP contribution in [0.25, 0.3) is 0 Å². The number of hydrogen-bond donors (Lipinski definition) is 3. The SMILES string of the molecule is CC(O)CC(C)N=C(N)NC(C)(C)C. The number of rotatable bonds is 3. The van der Waals surface area contributed by atoms with Gasteiger partial charge in [0.25, 0.3) is 0 Å². The summed E-state index contributed by atoms with van der Waals surface area (Å²) in [4.78, 5) is 4.23. The van der Waals surface area contributed by atoms with E-state index in [0.717, 1.165) is 0 Å². The van der Waals surface area contributed by atoms with Gasteiger partial charge >= 0.3 is 0 Å². The maximum absolute atomic E-state index is 9.14. The first kappa shape index (κ1) is 13.2. The van der Waals surface area contributed by atoms with Crippen LogP contribution in [0.5, 0.6) is 0 Å². The molecule has 4 N–H and O–H groups in total. The summed E-state index contributed by atoms with van der Waals surface area (Å²) in [5.74, 6) is 0.436. The van der Waals surface area contributed by atoms with Gasteiger partial charge in [-0.05, 0) is 41.0 Å². The predicted molar refractivity (Wildman–Crippen MR) is 60.3 cm³/mol. The monoisotopic (exact) mass is 201 g/mol. The van der Waals surface area contributed by atoms with Crippen molar-refractivity contribution < 1.29 is 5.11 Å². The summed E-state index contributed by atoms with van der Waals surface area (Å²) in [7, 11) is 0. The molecule has 84 valence electrons. The highest BCUT2D eigenvalue weighted by Gasteiger charge is 2.11. The molecular formula is C10H23N3O. The number of nitrogens with one attached hydrogen (secondary N) is 1. The molecule has 4 heteroatoms. The zero-order valence-corrected chi connectivity index (χ0v) is 9.83. The lowest BCUT2D eigenvalue weighted by Gasteiger charge is -2.22. The number of aliphatic hydroxyl groups excluding tert-OH is 1. The molecular weight excluding hydrogens is 178 g/mol. The molecule has 0 fully saturated rings. The topological polar surface area (TPSA) is 70.6 Å². The Morgan fingerprint density at radius 3 is 2.29 bits per heavy atom. The lowest BCUT2D eigenvalue weighted by molar-refractivity contribution is 0.177. The highest BCUT2D eigenvalue weighted by atomic mass is 16.3. The third-order valence-corrected chi connectivity index (χ3v) is 1.54. The number of nitrogens with two attached hydrogens (primary N) is 1. The van der Waals surface area contributed by atoms with Gasteiger partial charge in [0.2, 0.25) is 0 Å². The molecule has 4 nitrogen and oxygen atoms in total. The number of aliphatic imine (C=N–C) groups is 1. The molecule has 0 radical (unpaired) electrons. The van der Waals surface area contributed by atoms with Crippen molar-refractivity contribution in [2.45, 2.75) is 58.7 Å². The summed E-state index contributed by atoms with van der Waals surface area (Å²) in [5.41, 5.74) is 5.62. The molecule has 0 saturated heterocycles. The molecule has 0 aromatic rings. The van der Waals surface area contributed by atoms with Crippen LogP contribution in [0.15, 0.2) is 4.99 Å².